The molecule has 2 atom stereocenters. The summed E-state index contributed by atoms with van der Waals surface area (Å²) in [5.74, 6) is 0. The van der Waals surface area contributed by atoms with E-state index >= 15 is 0 Å². The van der Waals surface area contributed by atoms with Crippen molar-refractivity contribution in [3.8, 4) is 0 Å². The number of aliphatic hydroxyl groups is 1. The van der Waals surface area contributed by atoms with E-state index < -0.39 is 6.10 Å². The van der Waals surface area contributed by atoms with Crippen LogP contribution >= 0.6 is 27.5 Å². The zero-order valence-electron chi connectivity index (χ0n) is 8.80. The predicted octanol–water partition coefficient (Wildman–Crippen LogP) is 3.13. The molecule has 0 saturated carbocycles. The molecule has 0 aromatic heterocycles. The fourth-order valence-electron chi connectivity index (χ4n) is 1.44. The van der Waals surface area contributed by atoms with Gasteiger partial charge in [0.25, 0.3) is 0 Å². The number of aliphatic hydroxyl groups excluding tert-OH is 1. The molecule has 0 heterocycles. The Morgan fingerprint density at radius 1 is 1.53 bits per heavy atom. The molecule has 1 aromatic rings. The molecule has 2 N–H and O–H groups in total. The van der Waals surface area contributed by atoms with Gasteiger partial charge in [0.05, 0.1) is 6.10 Å². The number of hydrogen-bond donors (Lipinski definition) is 2. The van der Waals surface area contributed by atoms with Crippen LogP contribution in [-0.2, 0) is 0 Å². The minimum atomic E-state index is -0.531. The smallest absolute Gasteiger partial charge is 0.0951 e. The van der Waals surface area contributed by atoms with Crippen LogP contribution in [0, 0.1) is 0 Å². The van der Waals surface area contributed by atoms with Gasteiger partial charge in [-0.25, -0.2) is 0 Å². The van der Waals surface area contributed by atoms with E-state index in [9.17, 15) is 5.11 Å². The zero-order chi connectivity index (χ0) is 11.4. The van der Waals surface area contributed by atoms with Crippen molar-refractivity contribution in [3.05, 3.63) is 33.3 Å². The van der Waals surface area contributed by atoms with Gasteiger partial charge in [-0.2, -0.15) is 0 Å². The summed E-state index contributed by atoms with van der Waals surface area (Å²) in [6.07, 6.45) is -0.531. The lowest BCUT2D eigenvalue weighted by atomic mass is 10.0. The highest BCUT2D eigenvalue weighted by Crippen LogP contribution is 2.28. The standard InChI is InChI=1S/C11H15BrClNO/c1-3-14-7(2)11(15)9-5-4-8(13)6-10(9)12/h4-7,11,14-15H,3H2,1-2H3. The highest BCUT2D eigenvalue weighted by molar-refractivity contribution is 9.10. The van der Waals surface area contributed by atoms with Crippen molar-refractivity contribution in [2.45, 2.75) is 26.0 Å². The average Bonchev–Trinajstić information content (AvgIpc) is 2.17. The molecule has 4 heteroatoms. The molecular formula is C11H15BrClNO. The number of nitrogens with one attached hydrogen (secondary N) is 1. The van der Waals surface area contributed by atoms with Crippen molar-refractivity contribution in [3.63, 3.8) is 0 Å². The molecule has 0 spiro atoms. The van der Waals surface area contributed by atoms with Gasteiger partial charge in [-0.15, -0.1) is 0 Å². The number of hydrogen-bond acceptors (Lipinski definition) is 2. The van der Waals surface area contributed by atoms with Crippen molar-refractivity contribution in [2.24, 2.45) is 0 Å². The molecule has 2 nitrogen and oxygen atoms in total. The van der Waals surface area contributed by atoms with Gasteiger partial charge in [0.2, 0.25) is 0 Å². The first-order valence-corrected chi connectivity index (χ1v) is 6.09. The average molecular weight is 293 g/mol. The summed E-state index contributed by atoms with van der Waals surface area (Å²) < 4.78 is 0.840. The molecule has 2 unspecified atom stereocenters. The molecule has 0 fully saturated rings. The topological polar surface area (TPSA) is 32.3 Å². The lowest BCUT2D eigenvalue weighted by Crippen LogP contribution is -2.32. The molecule has 0 radical (unpaired) electrons. The van der Waals surface area contributed by atoms with E-state index in [2.05, 4.69) is 21.2 Å². The molecule has 0 aliphatic heterocycles. The Balaban J connectivity index is 2.86. The van der Waals surface area contributed by atoms with Crippen LogP contribution in [0.25, 0.3) is 0 Å². The quantitative estimate of drug-likeness (QED) is 0.893. The maximum Gasteiger partial charge on any atom is 0.0951 e. The van der Waals surface area contributed by atoms with Gasteiger partial charge in [0.15, 0.2) is 0 Å². The van der Waals surface area contributed by atoms with Crippen molar-refractivity contribution in [1.29, 1.82) is 0 Å². The summed E-state index contributed by atoms with van der Waals surface area (Å²) in [4.78, 5) is 0. The highest BCUT2D eigenvalue weighted by atomic mass is 79.9. The van der Waals surface area contributed by atoms with E-state index in [0.29, 0.717) is 5.02 Å². The minimum Gasteiger partial charge on any atom is -0.387 e. The van der Waals surface area contributed by atoms with Crippen molar-refractivity contribution in [1.82, 2.24) is 5.32 Å². The largest absolute Gasteiger partial charge is 0.387 e. The Bertz CT molecular complexity index is 332. The predicted molar refractivity (Wildman–Crippen MR) is 67.3 cm³/mol. The van der Waals surface area contributed by atoms with Crippen molar-refractivity contribution in [2.75, 3.05) is 6.54 Å². The summed E-state index contributed by atoms with van der Waals surface area (Å²) in [6, 6.07) is 5.43. The normalized spacial score (nSPS) is 15.0. The number of likely N-dealkylation sites (N-methyl/N-ethyl adjacent to an activating group) is 1. The van der Waals surface area contributed by atoms with Crippen LogP contribution in [0.4, 0.5) is 0 Å². The van der Waals surface area contributed by atoms with Gasteiger partial charge in [0, 0.05) is 15.5 Å². The van der Waals surface area contributed by atoms with Crippen LogP contribution in [0.3, 0.4) is 0 Å². The minimum absolute atomic E-state index is 0.0208. The van der Waals surface area contributed by atoms with Crippen LogP contribution in [0.5, 0.6) is 0 Å². The second kappa shape index (κ2) is 5.85. The molecule has 1 rings (SSSR count). The van der Waals surface area contributed by atoms with Gasteiger partial charge in [-0.1, -0.05) is 40.5 Å². The van der Waals surface area contributed by atoms with Gasteiger partial charge in [-0.05, 0) is 31.2 Å². The van der Waals surface area contributed by atoms with Gasteiger partial charge in [0.1, 0.15) is 0 Å². The zero-order valence-corrected chi connectivity index (χ0v) is 11.1. The fourth-order valence-corrected chi connectivity index (χ4v) is 2.36. The van der Waals surface area contributed by atoms with E-state index in [0.717, 1.165) is 16.6 Å². The molecule has 15 heavy (non-hydrogen) atoms. The second-order valence-corrected chi connectivity index (χ2v) is 4.75. The van der Waals surface area contributed by atoms with E-state index in [-0.39, 0.29) is 6.04 Å². The molecule has 0 saturated heterocycles. The Hall–Kier alpha value is -0.0900. The summed E-state index contributed by atoms with van der Waals surface area (Å²) >= 11 is 9.23. The maximum atomic E-state index is 10.1. The molecule has 0 amide bonds. The summed E-state index contributed by atoms with van der Waals surface area (Å²) in [5, 5.41) is 13.9. The van der Waals surface area contributed by atoms with Gasteiger partial charge < -0.3 is 10.4 Å². The SMILES string of the molecule is CCNC(C)C(O)c1ccc(Cl)cc1Br. The Kier molecular flexibility index (Phi) is 5.06. The highest BCUT2D eigenvalue weighted by Gasteiger charge is 2.17. The third kappa shape index (κ3) is 3.45. The van der Waals surface area contributed by atoms with E-state index in [1.165, 1.54) is 0 Å². The molecule has 0 aliphatic rings. The number of halogens is 2. The van der Waals surface area contributed by atoms with Gasteiger partial charge >= 0.3 is 0 Å². The number of benzene rings is 1. The van der Waals surface area contributed by atoms with Crippen LogP contribution in [0.1, 0.15) is 25.5 Å². The third-order valence-electron chi connectivity index (χ3n) is 2.28. The Labute approximate surface area is 104 Å². The lowest BCUT2D eigenvalue weighted by Gasteiger charge is -2.21. The maximum absolute atomic E-state index is 10.1. The Morgan fingerprint density at radius 3 is 2.73 bits per heavy atom. The van der Waals surface area contributed by atoms with Gasteiger partial charge in [-0.3, -0.25) is 0 Å². The van der Waals surface area contributed by atoms with E-state index in [1.54, 1.807) is 12.1 Å². The molecule has 84 valence electrons. The second-order valence-electron chi connectivity index (χ2n) is 3.46. The van der Waals surface area contributed by atoms with Crippen LogP contribution in [0.2, 0.25) is 5.02 Å². The first kappa shape index (κ1) is 13.0. The summed E-state index contributed by atoms with van der Waals surface area (Å²) in [5.41, 5.74) is 0.854. The van der Waals surface area contributed by atoms with Crippen LogP contribution in [0.15, 0.2) is 22.7 Å². The summed E-state index contributed by atoms with van der Waals surface area (Å²) in [6.45, 7) is 4.80. The van der Waals surface area contributed by atoms with Crippen LogP contribution in [-0.4, -0.2) is 17.7 Å². The number of rotatable bonds is 4. The van der Waals surface area contributed by atoms with E-state index in [4.69, 9.17) is 11.6 Å². The third-order valence-corrected chi connectivity index (χ3v) is 3.20. The van der Waals surface area contributed by atoms with E-state index in [1.807, 2.05) is 19.9 Å². The molecular weight excluding hydrogens is 277 g/mol. The fraction of sp³-hybridized carbons (Fsp3) is 0.455. The summed E-state index contributed by atoms with van der Waals surface area (Å²) in [7, 11) is 0. The molecule has 0 bridgehead atoms. The molecule has 0 aliphatic carbocycles. The lowest BCUT2D eigenvalue weighted by molar-refractivity contribution is 0.136. The first-order valence-electron chi connectivity index (χ1n) is 4.92. The van der Waals surface area contributed by atoms with Crippen molar-refractivity contribution < 1.29 is 5.11 Å². The molecule has 1 aromatic carbocycles. The van der Waals surface area contributed by atoms with Crippen molar-refractivity contribution >= 4 is 27.5 Å². The monoisotopic (exact) mass is 291 g/mol. The van der Waals surface area contributed by atoms with Crippen LogP contribution < -0.4 is 5.32 Å². The first-order chi connectivity index (χ1) is 7.06. The Morgan fingerprint density at radius 2 is 2.20 bits per heavy atom.